The smallest absolute Gasteiger partial charge is 0.404 e. The van der Waals surface area contributed by atoms with Crippen LogP contribution in [0.4, 0.5) is 13.2 Å². The third kappa shape index (κ3) is 5.24. The van der Waals surface area contributed by atoms with Gasteiger partial charge in [0.2, 0.25) is 10.0 Å². The van der Waals surface area contributed by atoms with Crippen LogP contribution in [-0.2, 0) is 34.1 Å². The molecule has 2 atom stereocenters. The van der Waals surface area contributed by atoms with E-state index in [4.69, 9.17) is 4.74 Å². The highest BCUT2D eigenvalue weighted by Gasteiger charge is 2.42. The van der Waals surface area contributed by atoms with Crippen molar-refractivity contribution in [1.29, 1.82) is 0 Å². The molecule has 0 bridgehead atoms. The molecule has 0 spiro atoms. The van der Waals surface area contributed by atoms with Gasteiger partial charge in [-0.1, -0.05) is 48.5 Å². The van der Waals surface area contributed by atoms with Crippen molar-refractivity contribution in [2.75, 3.05) is 7.11 Å². The zero-order valence-electron chi connectivity index (χ0n) is 18.3. The van der Waals surface area contributed by atoms with E-state index in [2.05, 4.69) is 9.72 Å². The van der Waals surface area contributed by atoms with E-state index in [-0.39, 0.29) is 6.54 Å². The summed E-state index contributed by atoms with van der Waals surface area (Å²) in [5, 5.41) is 0. The molecule has 0 amide bonds. The first-order valence-corrected chi connectivity index (χ1v) is 12.0. The van der Waals surface area contributed by atoms with Gasteiger partial charge < -0.3 is 9.47 Å². The number of alkyl halides is 3. The monoisotopic (exact) mass is 492 g/mol. The van der Waals surface area contributed by atoms with E-state index >= 15 is 0 Å². The van der Waals surface area contributed by atoms with Gasteiger partial charge in [0.1, 0.15) is 10.6 Å². The Bertz CT molecular complexity index is 1240. The number of para-hydroxylation sites is 1. The van der Waals surface area contributed by atoms with Gasteiger partial charge in [-0.2, -0.15) is 4.31 Å². The maximum atomic E-state index is 13.9. The average molecular weight is 493 g/mol. The molecule has 4 rings (SSSR count). The lowest BCUT2D eigenvalue weighted by Crippen LogP contribution is -2.48. The molecule has 0 radical (unpaired) electrons. The van der Waals surface area contributed by atoms with Crippen molar-refractivity contribution in [1.82, 2.24) is 9.29 Å². The van der Waals surface area contributed by atoms with Crippen molar-refractivity contribution in [2.45, 2.75) is 42.8 Å². The standard InChI is InChI=1S/C24H23F3N2O4S/c1-32-22-15-19-18(10-7-13-28-19)16-29(20(22)14-17-8-3-2-4-9-17)34(30,31)23-12-6-5-11-21(23)33-24(25,26)27/h2-13,20,22H,14-16H2,1H3/t20-,22?/m1/s1. The number of methoxy groups -OCH3 is 1. The van der Waals surface area contributed by atoms with Gasteiger partial charge in [0.15, 0.2) is 0 Å². The third-order valence-corrected chi connectivity index (χ3v) is 7.67. The Labute approximate surface area is 196 Å². The Morgan fingerprint density at radius 3 is 2.44 bits per heavy atom. The fraction of sp³-hybridized carbons (Fsp3) is 0.292. The first-order valence-electron chi connectivity index (χ1n) is 10.5. The molecule has 3 aromatic rings. The molecular weight excluding hydrogens is 469 g/mol. The van der Waals surface area contributed by atoms with Gasteiger partial charge in [0.25, 0.3) is 0 Å². The van der Waals surface area contributed by atoms with Crippen LogP contribution in [0.5, 0.6) is 5.75 Å². The highest BCUT2D eigenvalue weighted by atomic mass is 32.2. The summed E-state index contributed by atoms with van der Waals surface area (Å²) in [6, 6.07) is 16.8. The Morgan fingerprint density at radius 2 is 1.74 bits per heavy atom. The fourth-order valence-electron chi connectivity index (χ4n) is 4.19. The van der Waals surface area contributed by atoms with Crippen molar-refractivity contribution >= 4 is 10.0 Å². The summed E-state index contributed by atoms with van der Waals surface area (Å²) in [5.41, 5.74) is 2.22. The second-order valence-electron chi connectivity index (χ2n) is 7.89. The van der Waals surface area contributed by atoms with Gasteiger partial charge in [-0.15, -0.1) is 13.2 Å². The van der Waals surface area contributed by atoms with Gasteiger partial charge in [0, 0.05) is 32.0 Å². The van der Waals surface area contributed by atoms with Gasteiger partial charge in [0.05, 0.1) is 12.1 Å². The summed E-state index contributed by atoms with van der Waals surface area (Å²) >= 11 is 0. The van der Waals surface area contributed by atoms with Crippen LogP contribution in [0.15, 0.2) is 77.8 Å². The van der Waals surface area contributed by atoms with Gasteiger partial charge in [-0.3, -0.25) is 4.98 Å². The molecule has 10 heteroatoms. The second kappa shape index (κ2) is 9.73. The second-order valence-corrected chi connectivity index (χ2v) is 9.75. The zero-order chi connectivity index (χ0) is 24.3. The molecule has 34 heavy (non-hydrogen) atoms. The number of hydrogen-bond acceptors (Lipinski definition) is 5. The van der Waals surface area contributed by atoms with Crippen LogP contribution in [0.3, 0.4) is 0 Å². The Kier molecular flexibility index (Phi) is 6.92. The number of pyridine rings is 1. The molecular formula is C24H23F3N2O4S. The number of aromatic nitrogens is 1. The zero-order valence-corrected chi connectivity index (χ0v) is 19.1. The Balaban J connectivity index is 1.84. The molecule has 180 valence electrons. The topological polar surface area (TPSA) is 68.7 Å². The van der Waals surface area contributed by atoms with Gasteiger partial charge >= 0.3 is 6.36 Å². The molecule has 0 aliphatic carbocycles. The van der Waals surface area contributed by atoms with Crippen LogP contribution in [0.2, 0.25) is 0 Å². The van der Waals surface area contributed by atoms with Crippen molar-refractivity contribution in [3.63, 3.8) is 0 Å². The van der Waals surface area contributed by atoms with Crippen molar-refractivity contribution < 1.29 is 31.1 Å². The molecule has 0 saturated heterocycles. The number of sulfonamides is 1. The highest BCUT2D eigenvalue weighted by Crippen LogP contribution is 2.35. The lowest BCUT2D eigenvalue weighted by atomic mass is 9.98. The lowest BCUT2D eigenvalue weighted by molar-refractivity contribution is -0.275. The van der Waals surface area contributed by atoms with E-state index in [0.717, 1.165) is 17.7 Å². The van der Waals surface area contributed by atoms with Gasteiger partial charge in [-0.05, 0) is 35.7 Å². The summed E-state index contributed by atoms with van der Waals surface area (Å²) in [4.78, 5) is 3.84. The Hall–Kier alpha value is -2.95. The maximum Gasteiger partial charge on any atom is 0.573 e. The molecule has 0 saturated carbocycles. The predicted molar refractivity (Wildman–Crippen MR) is 119 cm³/mol. The molecule has 1 aliphatic heterocycles. The Morgan fingerprint density at radius 1 is 1.03 bits per heavy atom. The van der Waals surface area contributed by atoms with Crippen LogP contribution in [0, 0.1) is 0 Å². The van der Waals surface area contributed by atoms with E-state index in [9.17, 15) is 21.6 Å². The first kappa shape index (κ1) is 24.2. The van der Waals surface area contributed by atoms with Crippen molar-refractivity contribution in [3.8, 4) is 5.75 Å². The minimum absolute atomic E-state index is 0.0663. The number of benzene rings is 2. The van der Waals surface area contributed by atoms with E-state index < -0.39 is 39.2 Å². The molecule has 0 fully saturated rings. The summed E-state index contributed by atoms with van der Waals surface area (Å²) in [5.74, 6) is -0.780. The SMILES string of the molecule is COC1Cc2ncccc2CN(S(=O)(=O)c2ccccc2OC(F)(F)F)[C@@H]1Cc1ccccc1. The fourth-order valence-corrected chi connectivity index (χ4v) is 5.93. The lowest BCUT2D eigenvalue weighted by Gasteiger charge is -2.34. The maximum absolute atomic E-state index is 13.9. The highest BCUT2D eigenvalue weighted by molar-refractivity contribution is 7.89. The third-order valence-electron chi connectivity index (χ3n) is 5.76. The molecule has 6 nitrogen and oxygen atoms in total. The molecule has 2 heterocycles. The molecule has 1 aromatic heterocycles. The van der Waals surface area contributed by atoms with Crippen molar-refractivity contribution in [2.24, 2.45) is 0 Å². The van der Waals surface area contributed by atoms with E-state index in [1.807, 2.05) is 30.3 Å². The van der Waals surface area contributed by atoms with Crippen LogP contribution in [0.1, 0.15) is 16.8 Å². The summed E-state index contributed by atoms with van der Waals surface area (Å²) in [6.45, 7) is -0.0663. The number of nitrogens with zero attached hydrogens (tertiary/aromatic N) is 2. The minimum Gasteiger partial charge on any atom is -0.404 e. The van der Waals surface area contributed by atoms with Crippen LogP contribution >= 0.6 is 0 Å². The summed E-state index contributed by atoms with van der Waals surface area (Å²) in [6.07, 6.45) is -3.35. The van der Waals surface area contributed by atoms with Crippen LogP contribution in [0.25, 0.3) is 0 Å². The number of hydrogen-bond donors (Lipinski definition) is 0. The molecule has 0 N–H and O–H groups in total. The first-order chi connectivity index (χ1) is 16.2. The number of halogens is 3. The van der Waals surface area contributed by atoms with E-state index in [1.165, 1.54) is 23.5 Å². The normalized spacial score (nSPS) is 19.3. The largest absolute Gasteiger partial charge is 0.573 e. The number of fused-ring (bicyclic) bond motifs is 1. The van der Waals surface area contributed by atoms with Crippen LogP contribution in [-0.4, -0.2) is 43.3 Å². The minimum atomic E-state index is -5.04. The number of ether oxygens (including phenoxy) is 2. The molecule has 1 unspecified atom stereocenters. The summed E-state index contributed by atoms with van der Waals surface area (Å²) < 4.78 is 78.0. The quantitative estimate of drug-likeness (QED) is 0.512. The van der Waals surface area contributed by atoms with Crippen molar-refractivity contribution in [3.05, 3.63) is 89.7 Å². The summed E-state index contributed by atoms with van der Waals surface area (Å²) in [7, 11) is -2.95. The molecule has 2 aromatic carbocycles. The van der Waals surface area contributed by atoms with E-state index in [1.54, 1.807) is 18.3 Å². The van der Waals surface area contributed by atoms with E-state index in [0.29, 0.717) is 24.1 Å². The molecule has 1 aliphatic rings. The van der Waals surface area contributed by atoms with Crippen LogP contribution < -0.4 is 4.74 Å². The van der Waals surface area contributed by atoms with Gasteiger partial charge in [-0.25, -0.2) is 8.42 Å². The average Bonchev–Trinajstić information content (AvgIpc) is 2.96. The predicted octanol–water partition coefficient (Wildman–Crippen LogP) is 4.35. The number of rotatable bonds is 6.